The van der Waals surface area contributed by atoms with E-state index in [1.165, 1.54) is 0 Å². The van der Waals surface area contributed by atoms with Gasteiger partial charge in [0.1, 0.15) is 16.9 Å². The van der Waals surface area contributed by atoms with E-state index in [0.29, 0.717) is 19.8 Å². The average molecular weight is 425 g/mol. The maximum absolute atomic E-state index is 5.58. The number of aromatic nitrogens is 5. The summed E-state index contributed by atoms with van der Waals surface area (Å²) in [6.07, 6.45) is 0.805. The minimum absolute atomic E-state index is 0.596. The Balaban J connectivity index is 1.79. The number of hydrogen-bond acceptors (Lipinski definition) is 8. The monoisotopic (exact) mass is 424 g/mol. The first-order chi connectivity index (χ1) is 15.1. The quantitative estimate of drug-likeness (QED) is 0.553. The van der Waals surface area contributed by atoms with Gasteiger partial charge in [-0.25, -0.2) is 9.97 Å². The number of fused-ring (bicyclic) bond motifs is 1. The lowest BCUT2D eigenvalue weighted by Crippen LogP contribution is -2.45. The summed E-state index contributed by atoms with van der Waals surface area (Å²) >= 11 is 0. The molecule has 0 radical (unpaired) electrons. The molecule has 0 bridgehead atoms. The van der Waals surface area contributed by atoms with Gasteiger partial charge in [0.25, 0.3) is 0 Å². The van der Waals surface area contributed by atoms with Crippen LogP contribution in [0.5, 0.6) is 0 Å². The molecule has 4 heterocycles. The number of ether oxygens (including phenoxy) is 1. The summed E-state index contributed by atoms with van der Waals surface area (Å²) in [5, 5.41) is 8.29. The first kappa shape index (κ1) is 21.5. The van der Waals surface area contributed by atoms with E-state index >= 15 is 0 Å². The van der Waals surface area contributed by atoms with Crippen molar-refractivity contribution < 1.29 is 4.74 Å². The van der Waals surface area contributed by atoms with Gasteiger partial charge in [-0.1, -0.05) is 13.0 Å². The number of likely N-dealkylation sites (N-methyl/N-ethyl adjacent to an activating group) is 1. The van der Waals surface area contributed by atoms with Crippen molar-refractivity contribution in [3.05, 3.63) is 29.6 Å². The zero-order valence-electron chi connectivity index (χ0n) is 18.9. The third-order valence-electron chi connectivity index (χ3n) is 5.55. The fourth-order valence-electron chi connectivity index (χ4n) is 3.80. The molecular weight excluding hydrogens is 392 g/mol. The number of hydrogen-bond donors (Lipinski definition) is 1. The number of aryl methyl sites for hydroxylation is 2. The average Bonchev–Trinajstić information content (AvgIpc) is 3.12. The highest BCUT2D eigenvalue weighted by Crippen LogP contribution is 2.29. The topological polar surface area (TPSA) is 84.2 Å². The fraction of sp³-hybridized carbons (Fsp3) is 0.545. The molecule has 4 rings (SSSR count). The van der Waals surface area contributed by atoms with Crippen LogP contribution in [0, 0.1) is 6.92 Å². The van der Waals surface area contributed by atoms with Crippen molar-refractivity contribution in [2.45, 2.75) is 33.7 Å². The van der Waals surface area contributed by atoms with E-state index in [2.05, 4.69) is 34.1 Å². The zero-order chi connectivity index (χ0) is 21.8. The highest BCUT2D eigenvalue weighted by molar-refractivity contribution is 5.90. The summed E-state index contributed by atoms with van der Waals surface area (Å²) in [7, 11) is 2.15. The molecule has 0 aromatic carbocycles. The molecule has 3 aromatic rings. The van der Waals surface area contributed by atoms with Crippen LogP contribution in [0.25, 0.3) is 11.0 Å². The van der Waals surface area contributed by atoms with Gasteiger partial charge in [-0.3, -0.25) is 4.68 Å². The van der Waals surface area contributed by atoms with Crippen LogP contribution >= 0.6 is 0 Å². The van der Waals surface area contributed by atoms with Gasteiger partial charge in [-0.05, 0) is 39.4 Å². The number of rotatable bonds is 8. The SMILES string of the molecule is CCOCCn1nc(CC)c2nc(N3CCN(C)CC3)nc(Nc3cccc(C)n3)c21. The standard InChI is InChI=1S/C22H32N8O/c1-5-17-19-20(30(27-17)14-15-31-6-2)21(24-18-9-7-8-16(3)23-18)26-22(25-19)29-12-10-28(4)11-13-29/h7-9H,5-6,10-15H2,1-4H3,(H,23,24,25,26). The number of anilines is 3. The maximum Gasteiger partial charge on any atom is 0.228 e. The van der Waals surface area contributed by atoms with Crippen LogP contribution in [0.3, 0.4) is 0 Å². The molecule has 166 valence electrons. The van der Waals surface area contributed by atoms with Crippen LogP contribution in [-0.4, -0.2) is 76.1 Å². The van der Waals surface area contributed by atoms with E-state index in [1.807, 2.05) is 36.7 Å². The molecule has 0 unspecified atom stereocenters. The highest BCUT2D eigenvalue weighted by atomic mass is 16.5. The summed E-state index contributed by atoms with van der Waals surface area (Å²) < 4.78 is 7.55. The molecule has 1 N–H and O–H groups in total. The minimum Gasteiger partial charge on any atom is -0.380 e. The van der Waals surface area contributed by atoms with Crippen molar-refractivity contribution in [2.75, 3.05) is 56.7 Å². The van der Waals surface area contributed by atoms with Crippen LogP contribution in [0.4, 0.5) is 17.6 Å². The molecule has 3 aromatic heterocycles. The van der Waals surface area contributed by atoms with Gasteiger partial charge in [-0.2, -0.15) is 10.1 Å². The Morgan fingerprint density at radius 1 is 1.06 bits per heavy atom. The first-order valence-electron chi connectivity index (χ1n) is 11.1. The van der Waals surface area contributed by atoms with Crippen LogP contribution in [0.15, 0.2) is 18.2 Å². The van der Waals surface area contributed by atoms with Gasteiger partial charge in [0, 0.05) is 38.5 Å². The van der Waals surface area contributed by atoms with E-state index in [1.54, 1.807) is 0 Å². The molecule has 31 heavy (non-hydrogen) atoms. The Morgan fingerprint density at radius 2 is 1.87 bits per heavy atom. The molecule has 1 saturated heterocycles. The second-order valence-corrected chi connectivity index (χ2v) is 7.87. The second kappa shape index (κ2) is 9.57. The molecule has 1 aliphatic rings. The van der Waals surface area contributed by atoms with E-state index in [4.69, 9.17) is 19.8 Å². The third kappa shape index (κ3) is 4.77. The molecule has 0 atom stereocenters. The van der Waals surface area contributed by atoms with Gasteiger partial charge >= 0.3 is 0 Å². The van der Waals surface area contributed by atoms with Crippen molar-refractivity contribution in [3.8, 4) is 0 Å². The van der Waals surface area contributed by atoms with Crippen molar-refractivity contribution in [1.29, 1.82) is 0 Å². The van der Waals surface area contributed by atoms with Crippen LogP contribution < -0.4 is 10.2 Å². The van der Waals surface area contributed by atoms with E-state index in [0.717, 1.165) is 72.6 Å². The summed E-state index contributed by atoms with van der Waals surface area (Å²) in [6.45, 7) is 11.8. The third-order valence-corrected chi connectivity index (χ3v) is 5.55. The van der Waals surface area contributed by atoms with Crippen molar-refractivity contribution in [2.24, 2.45) is 0 Å². The van der Waals surface area contributed by atoms with Crippen LogP contribution in [-0.2, 0) is 17.7 Å². The zero-order valence-corrected chi connectivity index (χ0v) is 18.9. The van der Waals surface area contributed by atoms with Gasteiger partial charge < -0.3 is 19.9 Å². The van der Waals surface area contributed by atoms with E-state index < -0.39 is 0 Å². The molecule has 0 spiro atoms. The lowest BCUT2D eigenvalue weighted by molar-refractivity contribution is 0.137. The molecule has 9 nitrogen and oxygen atoms in total. The normalized spacial score (nSPS) is 15.0. The van der Waals surface area contributed by atoms with Gasteiger partial charge in [0.15, 0.2) is 5.82 Å². The first-order valence-corrected chi connectivity index (χ1v) is 11.1. The Kier molecular flexibility index (Phi) is 6.62. The van der Waals surface area contributed by atoms with Gasteiger partial charge in [0.05, 0.1) is 18.8 Å². The van der Waals surface area contributed by atoms with Gasteiger partial charge in [0.2, 0.25) is 5.95 Å². The molecular formula is C22H32N8O. The van der Waals surface area contributed by atoms with Gasteiger partial charge in [-0.15, -0.1) is 0 Å². The maximum atomic E-state index is 5.58. The fourth-order valence-corrected chi connectivity index (χ4v) is 3.80. The summed E-state index contributed by atoms with van der Waals surface area (Å²) in [6, 6.07) is 5.93. The Bertz CT molecular complexity index is 1030. The number of pyridine rings is 1. The number of nitrogens with zero attached hydrogens (tertiary/aromatic N) is 7. The lowest BCUT2D eigenvalue weighted by atomic mass is 10.2. The molecule has 1 fully saturated rings. The van der Waals surface area contributed by atoms with Crippen molar-refractivity contribution in [3.63, 3.8) is 0 Å². The second-order valence-electron chi connectivity index (χ2n) is 7.87. The molecule has 9 heteroatoms. The van der Waals surface area contributed by atoms with Crippen molar-refractivity contribution in [1.82, 2.24) is 29.6 Å². The summed E-state index contributed by atoms with van der Waals surface area (Å²) in [4.78, 5) is 19.1. The molecule has 1 aliphatic heterocycles. The number of piperazine rings is 1. The van der Waals surface area contributed by atoms with E-state index in [9.17, 15) is 0 Å². The molecule has 0 aliphatic carbocycles. The predicted molar refractivity (Wildman–Crippen MR) is 123 cm³/mol. The highest BCUT2D eigenvalue weighted by Gasteiger charge is 2.23. The summed E-state index contributed by atoms with van der Waals surface area (Å²) in [5.74, 6) is 2.25. The van der Waals surface area contributed by atoms with Crippen LogP contribution in [0.1, 0.15) is 25.2 Å². The van der Waals surface area contributed by atoms with E-state index in [-0.39, 0.29) is 0 Å². The van der Waals surface area contributed by atoms with Crippen molar-refractivity contribution >= 4 is 28.6 Å². The predicted octanol–water partition coefficient (Wildman–Crippen LogP) is 2.62. The Morgan fingerprint density at radius 3 is 2.58 bits per heavy atom. The number of nitrogens with one attached hydrogen (secondary N) is 1. The Hall–Kier alpha value is -2.78. The lowest BCUT2D eigenvalue weighted by Gasteiger charge is -2.32. The minimum atomic E-state index is 0.596. The smallest absolute Gasteiger partial charge is 0.228 e. The van der Waals surface area contributed by atoms with Crippen LogP contribution in [0.2, 0.25) is 0 Å². The molecule has 0 saturated carbocycles. The largest absolute Gasteiger partial charge is 0.380 e. The molecule has 0 amide bonds. The summed E-state index contributed by atoms with van der Waals surface area (Å²) in [5.41, 5.74) is 3.73. The Labute approximate surface area is 183 Å².